The number of hydrogen-bond acceptors (Lipinski definition) is 5. The van der Waals surface area contributed by atoms with Gasteiger partial charge in [-0.2, -0.15) is 5.10 Å². The molecule has 0 unspecified atom stereocenters. The van der Waals surface area contributed by atoms with Gasteiger partial charge < -0.3 is 15.7 Å². The summed E-state index contributed by atoms with van der Waals surface area (Å²) in [4.78, 5) is 28.5. The fourth-order valence-corrected chi connectivity index (χ4v) is 4.35. The molecule has 1 atom stereocenters. The van der Waals surface area contributed by atoms with Crippen LogP contribution in [0.15, 0.2) is 36.7 Å². The van der Waals surface area contributed by atoms with E-state index in [0.29, 0.717) is 22.1 Å². The largest absolute Gasteiger partial charge is 0.508 e. The number of amides is 2. The number of halogens is 1. The van der Waals surface area contributed by atoms with Crippen LogP contribution in [0.1, 0.15) is 44.9 Å². The minimum absolute atomic E-state index is 0.0328. The number of phenols is 1. The Kier molecular flexibility index (Phi) is 5.88. The first-order valence-electron chi connectivity index (χ1n) is 10.7. The Labute approximate surface area is 197 Å². The first-order valence-corrected chi connectivity index (χ1v) is 11.0. The highest BCUT2D eigenvalue weighted by atomic mass is 35.5. The summed E-state index contributed by atoms with van der Waals surface area (Å²) in [6.07, 6.45) is 4.19. The maximum absolute atomic E-state index is 13.0. The molecule has 2 amide bonds. The van der Waals surface area contributed by atoms with E-state index in [1.54, 1.807) is 31.3 Å². The van der Waals surface area contributed by atoms with Gasteiger partial charge in [0.05, 0.1) is 17.1 Å². The molecule has 8 nitrogen and oxygen atoms in total. The summed E-state index contributed by atoms with van der Waals surface area (Å²) in [5, 5.41) is 20.7. The van der Waals surface area contributed by atoms with Crippen molar-refractivity contribution >= 4 is 34.9 Å². The molecule has 0 saturated carbocycles. The highest BCUT2D eigenvalue weighted by molar-refractivity contribution is 6.33. The predicted molar refractivity (Wildman–Crippen MR) is 127 cm³/mol. The second-order valence-corrected chi connectivity index (χ2v) is 9.63. The number of fused-ring (bicyclic) bond motifs is 1. The summed E-state index contributed by atoms with van der Waals surface area (Å²) in [6.45, 7) is 8.30. The monoisotopic (exact) mass is 467 g/mol. The molecule has 3 heterocycles. The Morgan fingerprint density at radius 1 is 1.18 bits per heavy atom. The van der Waals surface area contributed by atoms with Crippen LogP contribution in [0, 0.1) is 5.41 Å². The van der Waals surface area contributed by atoms with E-state index in [4.69, 9.17) is 11.6 Å². The number of nitrogens with one attached hydrogen (secondary N) is 2. The molecule has 1 aromatic carbocycles. The van der Waals surface area contributed by atoms with Crippen molar-refractivity contribution in [2.24, 2.45) is 5.41 Å². The zero-order chi connectivity index (χ0) is 23.9. The number of rotatable bonds is 5. The van der Waals surface area contributed by atoms with Gasteiger partial charge in [0.1, 0.15) is 11.6 Å². The van der Waals surface area contributed by atoms with Gasteiger partial charge in [-0.15, -0.1) is 0 Å². The van der Waals surface area contributed by atoms with Crippen LogP contribution in [-0.4, -0.2) is 31.7 Å². The number of hydrogen-bond donors (Lipinski definition) is 3. The first kappa shape index (κ1) is 22.8. The number of carbonyl (C=O) groups is 2. The molecule has 0 saturated heterocycles. The summed E-state index contributed by atoms with van der Waals surface area (Å²) < 4.78 is 2.00. The van der Waals surface area contributed by atoms with Crippen molar-refractivity contribution in [1.29, 1.82) is 0 Å². The minimum atomic E-state index is -0.694. The van der Waals surface area contributed by atoms with Crippen LogP contribution < -0.4 is 10.6 Å². The predicted octanol–water partition coefficient (Wildman–Crippen LogP) is 4.59. The molecular weight excluding hydrogens is 442 g/mol. The molecule has 4 rings (SSSR count). The molecule has 0 fully saturated rings. The Balaban J connectivity index is 1.58. The zero-order valence-electron chi connectivity index (χ0n) is 18.9. The molecule has 33 heavy (non-hydrogen) atoms. The number of aromatic nitrogens is 3. The zero-order valence-corrected chi connectivity index (χ0v) is 19.7. The third-order valence-electron chi connectivity index (χ3n) is 5.78. The normalized spacial score (nSPS) is 15.1. The Bertz CT molecular complexity index is 1250. The molecule has 0 spiro atoms. The van der Waals surface area contributed by atoms with Crippen LogP contribution in [-0.2, 0) is 22.6 Å². The number of anilines is 2. The van der Waals surface area contributed by atoms with Gasteiger partial charge in [-0.1, -0.05) is 25.4 Å². The van der Waals surface area contributed by atoms with E-state index >= 15 is 0 Å². The standard InChI is InChI=1S/C24H26ClN5O3/c1-13(16-7-15(28-14(2)31)5-6-21(16)32)23(33)29-22-8-17(19(25)11-26-22)18-10-27-30-12-24(3,4)9-20(18)30/h5-8,10-11,13,32H,9,12H2,1-4H3,(H,28,31)(H,26,29,33)/t13-/m0/s1. The van der Waals surface area contributed by atoms with Gasteiger partial charge in [0.25, 0.3) is 0 Å². The number of nitrogens with zero attached hydrogens (tertiary/aromatic N) is 3. The second kappa shape index (κ2) is 8.51. The second-order valence-electron chi connectivity index (χ2n) is 9.22. The van der Waals surface area contributed by atoms with Gasteiger partial charge in [-0.25, -0.2) is 4.98 Å². The van der Waals surface area contributed by atoms with Crippen molar-refractivity contribution < 1.29 is 14.7 Å². The summed E-state index contributed by atoms with van der Waals surface area (Å²) in [5.74, 6) is -0.972. The van der Waals surface area contributed by atoms with Crippen molar-refractivity contribution in [3.05, 3.63) is 52.9 Å². The van der Waals surface area contributed by atoms with E-state index in [0.717, 1.165) is 29.8 Å². The quantitative estimate of drug-likeness (QED) is 0.475. The van der Waals surface area contributed by atoms with E-state index in [1.165, 1.54) is 19.2 Å². The lowest BCUT2D eigenvalue weighted by Crippen LogP contribution is -2.20. The van der Waals surface area contributed by atoms with Crippen molar-refractivity contribution in [1.82, 2.24) is 14.8 Å². The van der Waals surface area contributed by atoms with Crippen molar-refractivity contribution in [2.75, 3.05) is 10.6 Å². The molecule has 172 valence electrons. The van der Waals surface area contributed by atoms with E-state index < -0.39 is 5.92 Å². The Hall–Kier alpha value is -3.39. The molecule has 0 aliphatic carbocycles. The highest BCUT2D eigenvalue weighted by Gasteiger charge is 2.32. The maximum Gasteiger partial charge on any atom is 0.232 e. The molecule has 3 N–H and O–H groups in total. The van der Waals surface area contributed by atoms with Crippen LogP contribution in [0.25, 0.3) is 11.1 Å². The summed E-state index contributed by atoms with van der Waals surface area (Å²) in [6, 6.07) is 6.35. The summed E-state index contributed by atoms with van der Waals surface area (Å²) >= 11 is 6.46. The molecule has 3 aromatic rings. The van der Waals surface area contributed by atoms with Gasteiger partial charge in [0, 0.05) is 47.7 Å². The molecule has 1 aliphatic heterocycles. The van der Waals surface area contributed by atoms with Crippen molar-refractivity contribution in [3.8, 4) is 16.9 Å². The summed E-state index contributed by atoms with van der Waals surface area (Å²) in [5.41, 5.74) is 3.81. The average molecular weight is 468 g/mol. The van der Waals surface area contributed by atoms with Gasteiger partial charge in [-0.3, -0.25) is 14.3 Å². The number of aromatic hydroxyl groups is 1. The van der Waals surface area contributed by atoms with Crippen molar-refractivity contribution in [2.45, 2.75) is 46.6 Å². The SMILES string of the molecule is CC(=O)Nc1ccc(O)c([C@H](C)C(=O)Nc2cc(-c3cnn4c3CC(C)(C)C4)c(Cl)cn2)c1. The van der Waals surface area contributed by atoms with Crippen LogP contribution >= 0.6 is 11.6 Å². The lowest BCUT2D eigenvalue weighted by molar-refractivity contribution is -0.117. The number of pyridine rings is 1. The van der Waals surface area contributed by atoms with E-state index in [9.17, 15) is 14.7 Å². The summed E-state index contributed by atoms with van der Waals surface area (Å²) in [7, 11) is 0. The van der Waals surface area contributed by atoms with E-state index in [1.807, 2.05) is 4.68 Å². The fraction of sp³-hybridized carbons (Fsp3) is 0.333. The molecule has 9 heteroatoms. The third-order valence-corrected chi connectivity index (χ3v) is 6.08. The average Bonchev–Trinajstić information content (AvgIpc) is 3.25. The van der Waals surface area contributed by atoms with Crippen LogP contribution in [0.3, 0.4) is 0 Å². The minimum Gasteiger partial charge on any atom is -0.508 e. The van der Waals surface area contributed by atoms with Crippen LogP contribution in [0.5, 0.6) is 5.75 Å². The maximum atomic E-state index is 13.0. The number of carbonyl (C=O) groups excluding carboxylic acids is 2. The number of benzene rings is 1. The van der Waals surface area contributed by atoms with Gasteiger partial charge in [0.15, 0.2) is 0 Å². The molecule has 0 bridgehead atoms. The van der Waals surface area contributed by atoms with E-state index in [-0.39, 0.29) is 23.0 Å². The molecular formula is C24H26ClN5O3. The molecule has 1 aliphatic rings. The lowest BCUT2D eigenvalue weighted by atomic mass is 9.89. The van der Waals surface area contributed by atoms with Crippen molar-refractivity contribution in [3.63, 3.8) is 0 Å². The molecule has 0 radical (unpaired) electrons. The van der Waals surface area contributed by atoms with Gasteiger partial charge >= 0.3 is 0 Å². The smallest absolute Gasteiger partial charge is 0.232 e. The third kappa shape index (κ3) is 4.71. The Morgan fingerprint density at radius 2 is 1.94 bits per heavy atom. The van der Waals surface area contributed by atoms with E-state index in [2.05, 4.69) is 34.6 Å². The fourth-order valence-electron chi connectivity index (χ4n) is 4.14. The van der Waals surface area contributed by atoms with Gasteiger partial charge in [0.2, 0.25) is 11.8 Å². The molecule has 2 aromatic heterocycles. The first-order chi connectivity index (χ1) is 15.5. The van der Waals surface area contributed by atoms with Gasteiger partial charge in [-0.05, 0) is 43.0 Å². The Morgan fingerprint density at radius 3 is 2.67 bits per heavy atom. The topological polar surface area (TPSA) is 109 Å². The van der Waals surface area contributed by atoms with Crippen LogP contribution in [0.4, 0.5) is 11.5 Å². The number of phenolic OH excluding ortho intramolecular Hbond substituents is 1. The lowest BCUT2D eigenvalue weighted by Gasteiger charge is -2.16. The van der Waals surface area contributed by atoms with Crippen LogP contribution in [0.2, 0.25) is 5.02 Å². The highest BCUT2D eigenvalue weighted by Crippen LogP contribution is 2.39.